The van der Waals surface area contributed by atoms with E-state index in [-0.39, 0.29) is 24.1 Å². The minimum Gasteiger partial charge on any atom is -0.337 e. The number of carbonyl (C=O) groups excluding carboxylic acids is 1. The molecular weight excluding hydrogens is 334 g/mol. The van der Waals surface area contributed by atoms with Crippen LogP contribution in [-0.2, 0) is 17.8 Å². The maximum atomic E-state index is 12.8. The molecule has 0 spiro atoms. The summed E-state index contributed by atoms with van der Waals surface area (Å²) in [6.07, 6.45) is 4.56. The topological polar surface area (TPSA) is 55.2 Å². The Balaban J connectivity index is 1.59. The summed E-state index contributed by atoms with van der Waals surface area (Å²) in [5.74, 6) is -0.0693. The van der Waals surface area contributed by atoms with E-state index in [9.17, 15) is 9.59 Å². The van der Waals surface area contributed by atoms with Crippen LogP contribution in [0.4, 0.5) is 0 Å². The molecule has 2 aromatic heterocycles. The van der Waals surface area contributed by atoms with Crippen molar-refractivity contribution in [1.82, 2.24) is 14.5 Å². The molecule has 1 aromatic carbocycles. The van der Waals surface area contributed by atoms with E-state index in [1.165, 1.54) is 33.4 Å². The second-order valence-corrected chi connectivity index (χ2v) is 7.32. The lowest BCUT2D eigenvalue weighted by Crippen LogP contribution is -2.37. The van der Waals surface area contributed by atoms with Gasteiger partial charge in [-0.25, -0.2) is 4.98 Å². The lowest BCUT2D eigenvalue weighted by Gasteiger charge is -2.33. The number of fused-ring (bicyclic) bond motifs is 2. The summed E-state index contributed by atoms with van der Waals surface area (Å²) < 4.78 is 1.41. The van der Waals surface area contributed by atoms with Gasteiger partial charge in [0.15, 0.2) is 0 Å². The van der Waals surface area contributed by atoms with Crippen molar-refractivity contribution in [2.45, 2.75) is 31.8 Å². The van der Waals surface area contributed by atoms with Gasteiger partial charge in [-0.15, -0.1) is 11.3 Å². The second-order valence-electron chi connectivity index (χ2n) is 6.43. The fraction of sp³-hybridized carbons (Fsp3) is 0.316. The Hall–Kier alpha value is -2.47. The Kier molecular flexibility index (Phi) is 4.13. The number of nitrogens with zero attached hydrogens (tertiary/aromatic N) is 3. The maximum Gasteiger partial charge on any atom is 0.262 e. The molecule has 1 aliphatic rings. The van der Waals surface area contributed by atoms with Crippen LogP contribution in [-0.4, -0.2) is 27.4 Å². The van der Waals surface area contributed by atoms with Crippen molar-refractivity contribution in [2.75, 3.05) is 7.05 Å². The van der Waals surface area contributed by atoms with E-state index in [1.807, 2.05) is 24.6 Å². The summed E-state index contributed by atoms with van der Waals surface area (Å²) in [4.78, 5) is 32.0. The van der Waals surface area contributed by atoms with Gasteiger partial charge >= 0.3 is 0 Å². The number of carbonyl (C=O) groups is 1. The molecule has 0 unspecified atom stereocenters. The number of thiophene rings is 1. The molecule has 2 heterocycles. The van der Waals surface area contributed by atoms with Crippen molar-refractivity contribution in [1.29, 1.82) is 0 Å². The van der Waals surface area contributed by atoms with Crippen molar-refractivity contribution >= 4 is 27.5 Å². The van der Waals surface area contributed by atoms with Crippen LogP contribution < -0.4 is 5.56 Å². The standard InChI is InChI=1S/C19H19N3O2S/c1-21(16-8-4-6-13-5-2-3-7-14(13)16)17(23)11-22-12-20-18-15(19(22)24)9-10-25-18/h2-3,5,7,9-10,12,16H,4,6,8,11H2,1H3/t16-/m1/s1. The van der Waals surface area contributed by atoms with Gasteiger partial charge in [0, 0.05) is 7.05 Å². The van der Waals surface area contributed by atoms with Gasteiger partial charge in [-0.1, -0.05) is 24.3 Å². The van der Waals surface area contributed by atoms with E-state index >= 15 is 0 Å². The van der Waals surface area contributed by atoms with E-state index < -0.39 is 0 Å². The number of hydrogen-bond donors (Lipinski definition) is 0. The third kappa shape index (κ3) is 2.87. The number of likely N-dealkylation sites (N-methyl/N-ethyl adjacent to an activating group) is 1. The first-order valence-corrected chi connectivity index (χ1v) is 9.29. The molecule has 6 heteroatoms. The van der Waals surface area contributed by atoms with Gasteiger partial charge in [0.25, 0.3) is 5.56 Å². The van der Waals surface area contributed by atoms with Gasteiger partial charge < -0.3 is 4.90 Å². The summed E-state index contributed by atoms with van der Waals surface area (Å²) in [6.45, 7) is 0.0206. The van der Waals surface area contributed by atoms with Gasteiger partial charge in [-0.2, -0.15) is 0 Å². The second kappa shape index (κ2) is 6.44. The van der Waals surface area contributed by atoms with Gasteiger partial charge in [0.1, 0.15) is 11.4 Å². The number of amides is 1. The van der Waals surface area contributed by atoms with Crippen LogP contribution >= 0.6 is 11.3 Å². The van der Waals surface area contributed by atoms with Crippen LogP contribution in [0.5, 0.6) is 0 Å². The Morgan fingerprint density at radius 2 is 2.20 bits per heavy atom. The molecule has 1 aliphatic carbocycles. The highest BCUT2D eigenvalue weighted by molar-refractivity contribution is 7.16. The van der Waals surface area contributed by atoms with Crippen molar-refractivity contribution in [3.8, 4) is 0 Å². The monoisotopic (exact) mass is 353 g/mol. The Morgan fingerprint density at radius 3 is 3.08 bits per heavy atom. The fourth-order valence-electron chi connectivity index (χ4n) is 3.57. The van der Waals surface area contributed by atoms with Gasteiger partial charge in [-0.3, -0.25) is 14.2 Å². The average molecular weight is 353 g/mol. The lowest BCUT2D eigenvalue weighted by atomic mass is 9.87. The predicted molar refractivity (Wildman–Crippen MR) is 98.8 cm³/mol. The summed E-state index contributed by atoms with van der Waals surface area (Å²) in [7, 11) is 1.83. The number of rotatable bonds is 3. The molecule has 128 valence electrons. The van der Waals surface area contributed by atoms with E-state index in [4.69, 9.17) is 0 Å². The van der Waals surface area contributed by atoms with Crippen molar-refractivity contribution in [3.63, 3.8) is 0 Å². The number of aryl methyl sites for hydroxylation is 1. The third-order valence-electron chi connectivity index (χ3n) is 4.95. The lowest BCUT2D eigenvalue weighted by molar-refractivity contribution is -0.133. The maximum absolute atomic E-state index is 12.8. The van der Waals surface area contributed by atoms with Gasteiger partial charge in [0.2, 0.25) is 5.91 Å². The van der Waals surface area contributed by atoms with Gasteiger partial charge in [0.05, 0.1) is 17.8 Å². The SMILES string of the molecule is CN(C(=O)Cn1cnc2sccc2c1=O)[C@@H]1CCCc2ccccc21. The van der Waals surface area contributed by atoms with Crippen LogP contribution in [0.25, 0.3) is 10.2 Å². The highest BCUT2D eigenvalue weighted by Crippen LogP contribution is 2.33. The molecule has 25 heavy (non-hydrogen) atoms. The minimum atomic E-state index is -0.156. The van der Waals surface area contributed by atoms with E-state index in [0.29, 0.717) is 10.2 Å². The molecule has 0 N–H and O–H groups in total. The van der Waals surface area contributed by atoms with Gasteiger partial charge in [-0.05, 0) is 41.8 Å². The highest BCUT2D eigenvalue weighted by Gasteiger charge is 2.26. The fourth-order valence-corrected chi connectivity index (χ4v) is 4.29. The van der Waals surface area contributed by atoms with Crippen molar-refractivity contribution in [3.05, 3.63) is 63.5 Å². The first-order chi connectivity index (χ1) is 12.1. The number of aromatic nitrogens is 2. The van der Waals surface area contributed by atoms with Crippen LogP contribution in [0.15, 0.2) is 46.8 Å². The quantitative estimate of drug-likeness (QED) is 0.727. The summed E-state index contributed by atoms with van der Waals surface area (Å²) >= 11 is 1.43. The third-order valence-corrected chi connectivity index (χ3v) is 5.78. The average Bonchev–Trinajstić information content (AvgIpc) is 3.12. The molecule has 0 radical (unpaired) electrons. The predicted octanol–water partition coefficient (Wildman–Crippen LogP) is 2.99. The molecule has 3 aromatic rings. The Bertz CT molecular complexity index is 991. The first-order valence-electron chi connectivity index (χ1n) is 8.41. The molecule has 5 nitrogen and oxygen atoms in total. The largest absolute Gasteiger partial charge is 0.337 e. The molecule has 0 bridgehead atoms. The molecule has 0 aliphatic heterocycles. The first kappa shape index (κ1) is 16.0. The molecule has 4 rings (SSSR count). The zero-order valence-electron chi connectivity index (χ0n) is 14.0. The summed E-state index contributed by atoms with van der Waals surface area (Å²) in [5, 5.41) is 2.42. The van der Waals surface area contributed by atoms with E-state index in [1.54, 1.807) is 11.0 Å². The van der Waals surface area contributed by atoms with Crippen LogP contribution in [0.2, 0.25) is 0 Å². The minimum absolute atomic E-state index is 0.0206. The van der Waals surface area contributed by atoms with Crippen LogP contribution in [0, 0.1) is 0 Å². The number of benzene rings is 1. The van der Waals surface area contributed by atoms with Crippen molar-refractivity contribution in [2.24, 2.45) is 0 Å². The highest BCUT2D eigenvalue weighted by atomic mass is 32.1. The van der Waals surface area contributed by atoms with Crippen molar-refractivity contribution < 1.29 is 4.79 Å². The normalized spacial score (nSPS) is 16.6. The summed E-state index contributed by atoms with van der Waals surface area (Å²) in [5.41, 5.74) is 2.39. The zero-order valence-corrected chi connectivity index (χ0v) is 14.8. The van der Waals surface area contributed by atoms with Crippen LogP contribution in [0.1, 0.15) is 30.0 Å². The van der Waals surface area contributed by atoms with Crippen LogP contribution in [0.3, 0.4) is 0 Å². The Labute approximate surface area is 149 Å². The molecule has 1 atom stereocenters. The zero-order chi connectivity index (χ0) is 17.4. The number of hydrogen-bond acceptors (Lipinski definition) is 4. The Morgan fingerprint density at radius 1 is 1.36 bits per heavy atom. The molecule has 0 fully saturated rings. The molecule has 1 amide bonds. The molecule has 0 saturated carbocycles. The smallest absolute Gasteiger partial charge is 0.262 e. The molecule has 0 saturated heterocycles. The van der Waals surface area contributed by atoms with E-state index in [0.717, 1.165) is 19.3 Å². The van der Waals surface area contributed by atoms with E-state index in [2.05, 4.69) is 17.1 Å². The summed E-state index contributed by atoms with van der Waals surface area (Å²) in [6, 6.07) is 10.1. The molecular formula is C19H19N3O2S.